The first-order valence-corrected chi connectivity index (χ1v) is 11.8. The molecule has 0 saturated heterocycles. The number of fused-ring (bicyclic) bond motifs is 1. The third kappa shape index (κ3) is 4.92. The number of aliphatic hydroxyl groups is 1. The maximum absolute atomic E-state index is 12.9. The highest BCUT2D eigenvalue weighted by Crippen LogP contribution is 2.22. The van der Waals surface area contributed by atoms with Crippen LogP contribution >= 0.6 is 0 Å². The van der Waals surface area contributed by atoms with Crippen molar-refractivity contribution in [2.45, 2.75) is 23.3 Å². The first-order valence-electron chi connectivity index (χ1n) is 10.1. The first-order chi connectivity index (χ1) is 15.5. The summed E-state index contributed by atoms with van der Waals surface area (Å²) in [6.07, 6.45) is -0.868. The highest BCUT2D eigenvalue weighted by atomic mass is 32.2. The van der Waals surface area contributed by atoms with Crippen molar-refractivity contribution in [3.63, 3.8) is 0 Å². The molecule has 0 radical (unpaired) electrons. The molecular formula is C24H24N2O5S. The molecule has 7 nitrogen and oxygen atoms in total. The van der Waals surface area contributed by atoms with Crippen LogP contribution in [0.1, 0.15) is 5.82 Å². The summed E-state index contributed by atoms with van der Waals surface area (Å²) in [5.74, 6) is 1.43. The number of aromatic nitrogens is 2. The minimum atomic E-state index is -3.59. The van der Waals surface area contributed by atoms with Crippen molar-refractivity contribution < 1.29 is 23.0 Å². The van der Waals surface area contributed by atoms with Gasteiger partial charge in [-0.1, -0.05) is 30.3 Å². The van der Waals surface area contributed by atoms with Crippen molar-refractivity contribution >= 4 is 20.9 Å². The Morgan fingerprint density at radius 3 is 2.31 bits per heavy atom. The van der Waals surface area contributed by atoms with E-state index < -0.39 is 15.9 Å². The molecule has 1 atom stereocenters. The molecule has 8 heteroatoms. The number of ether oxygens (including phenoxy) is 2. The van der Waals surface area contributed by atoms with E-state index in [1.807, 2.05) is 24.3 Å². The lowest BCUT2D eigenvalue weighted by Crippen LogP contribution is -2.25. The quantitative estimate of drug-likeness (QED) is 0.418. The lowest BCUT2D eigenvalue weighted by molar-refractivity contribution is 0.0928. The van der Waals surface area contributed by atoms with Crippen LogP contribution in [-0.2, 0) is 22.1 Å². The summed E-state index contributed by atoms with van der Waals surface area (Å²) in [6.45, 7) is 0.194. The molecule has 1 N–H and O–H groups in total. The zero-order valence-electron chi connectivity index (χ0n) is 17.6. The van der Waals surface area contributed by atoms with E-state index >= 15 is 0 Å². The van der Waals surface area contributed by atoms with Crippen LogP contribution in [0.5, 0.6) is 11.5 Å². The van der Waals surface area contributed by atoms with Gasteiger partial charge >= 0.3 is 0 Å². The van der Waals surface area contributed by atoms with Gasteiger partial charge in [-0.2, -0.15) is 0 Å². The number of hydrogen-bond donors (Lipinski definition) is 1. The Labute approximate surface area is 186 Å². The number of aliphatic hydroxyl groups excluding tert-OH is 1. The number of hydrogen-bond acceptors (Lipinski definition) is 6. The second-order valence-electron chi connectivity index (χ2n) is 7.34. The highest BCUT2D eigenvalue weighted by Gasteiger charge is 2.22. The molecule has 3 aromatic carbocycles. The topological polar surface area (TPSA) is 90.6 Å². The number of benzene rings is 3. The molecule has 1 heterocycles. The number of methoxy groups -OCH3 is 1. The molecule has 166 valence electrons. The summed E-state index contributed by atoms with van der Waals surface area (Å²) in [6, 6.07) is 22.7. The van der Waals surface area contributed by atoms with E-state index in [1.54, 1.807) is 66.3 Å². The van der Waals surface area contributed by atoms with Gasteiger partial charge in [0.25, 0.3) is 0 Å². The Morgan fingerprint density at radius 1 is 0.938 bits per heavy atom. The van der Waals surface area contributed by atoms with Crippen LogP contribution in [0.25, 0.3) is 11.0 Å². The standard InChI is InChI=1S/C24H24N2O5S/c1-30-19-11-13-20(14-12-19)31-16-18(27)15-26-23-10-6-5-9-22(23)25-24(26)17-32(28,29)21-7-3-2-4-8-21/h2-14,18,27H,15-17H2,1H3. The summed E-state index contributed by atoms with van der Waals surface area (Å²) in [7, 11) is -2.00. The zero-order chi connectivity index (χ0) is 22.6. The van der Waals surface area contributed by atoms with E-state index in [4.69, 9.17) is 9.47 Å². The SMILES string of the molecule is COc1ccc(OCC(O)Cn2c(CS(=O)(=O)c3ccccc3)nc3ccccc32)cc1. The van der Waals surface area contributed by atoms with Crippen molar-refractivity contribution in [2.24, 2.45) is 0 Å². The number of para-hydroxylation sites is 2. The third-order valence-electron chi connectivity index (χ3n) is 5.05. The monoisotopic (exact) mass is 452 g/mol. The fourth-order valence-corrected chi connectivity index (χ4v) is 4.75. The summed E-state index contributed by atoms with van der Waals surface area (Å²) in [4.78, 5) is 4.77. The van der Waals surface area contributed by atoms with E-state index in [2.05, 4.69) is 4.98 Å². The van der Waals surface area contributed by atoms with Gasteiger partial charge < -0.3 is 19.1 Å². The smallest absolute Gasteiger partial charge is 0.185 e. The van der Waals surface area contributed by atoms with Gasteiger partial charge in [-0.3, -0.25) is 0 Å². The van der Waals surface area contributed by atoms with Gasteiger partial charge in [0.1, 0.15) is 35.8 Å². The van der Waals surface area contributed by atoms with E-state index in [9.17, 15) is 13.5 Å². The van der Waals surface area contributed by atoms with Crippen LogP contribution in [-0.4, -0.2) is 42.9 Å². The normalized spacial score (nSPS) is 12.6. The van der Waals surface area contributed by atoms with Gasteiger partial charge in [0.2, 0.25) is 0 Å². The van der Waals surface area contributed by atoms with Gasteiger partial charge in [-0.15, -0.1) is 0 Å². The molecular weight excluding hydrogens is 428 g/mol. The molecule has 0 spiro atoms. The Hall–Kier alpha value is -3.36. The molecule has 4 aromatic rings. The predicted octanol–water partition coefficient (Wildman–Crippen LogP) is 3.46. The highest BCUT2D eigenvalue weighted by molar-refractivity contribution is 7.90. The second kappa shape index (κ2) is 9.42. The Balaban J connectivity index is 1.54. The molecule has 0 fully saturated rings. The van der Waals surface area contributed by atoms with E-state index in [0.717, 1.165) is 5.52 Å². The van der Waals surface area contributed by atoms with Gasteiger partial charge in [0, 0.05) is 0 Å². The molecule has 4 rings (SSSR count). The summed E-state index contributed by atoms with van der Waals surface area (Å²) in [5.41, 5.74) is 1.43. The van der Waals surface area contributed by atoms with E-state index in [1.165, 1.54) is 0 Å². The minimum absolute atomic E-state index is 0.0453. The van der Waals surface area contributed by atoms with Gasteiger partial charge in [-0.25, -0.2) is 13.4 Å². The van der Waals surface area contributed by atoms with E-state index in [0.29, 0.717) is 22.8 Å². The van der Waals surface area contributed by atoms with E-state index in [-0.39, 0.29) is 23.8 Å². The molecule has 0 amide bonds. The Kier molecular flexibility index (Phi) is 6.43. The number of imidazole rings is 1. The molecule has 0 bridgehead atoms. The number of nitrogens with zero attached hydrogens (tertiary/aromatic N) is 2. The molecule has 1 aromatic heterocycles. The van der Waals surface area contributed by atoms with Gasteiger partial charge in [0.05, 0.1) is 29.6 Å². The van der Waals surface area contributed by atoms with Crippen LogP contribution in [0.4, 0.5) is 0 Å². The van der Waals surface area contributed by atoms with Crippen molar-refractivity contribution in [1.29, 1.82) is 0 Å². The van der Waals surface area contributed by atoms with Gasteiger partial charge in [-0.05, 0) is 48.5 Å². The lowest BCUT2D eigenvalue weighted by Gasteiger charge is -2.16. The summed E-state index contributed by atoms with van der Waals surface area (Å²) < 4.78 is 38.4. The maximum Gasteiger partial charge on any atom is 0.185 e. The van der Waals surface area contributed by atoms with Crippen LogP contribution in [0, 0.1) is 0 Å². The molecule has 0 aliphatic carbocycles. The second-order valence-corrected chi connectivity index (χ2v) is 9.33. The Morgan fingerprint density at radius 2 is 1.59 bits per heavy atom. The Bertz CT molecular complexity index is 1290. The van der Waals surface area contributed by atoms with Crippen molar-refractivity contribution in [1.82, 2.24) is 9.55 Å². The predicted molar refractivity (Wildman–Crippen MR) is 122 cm³/mol. The molecule has 32 heavy (non-hydrogen) atoms. The zero-order valence-corrected chi connectivity index (χ0v) is 18.4. The van der Waals surface area contributed by atoms with Crippen LogP contribution < -0.4 is 9.47 Å². The minimum Gasteiger partial charge on any atom is -0.497 e. The summed E-state index contributed by atoms with van der Waals surface area (Å²) in [5, 5.41) is 10.6. The number of sulfone groups is 1. The van der Waals surface area contributed by atoms with Crippen molar-refractivity contribution in [2.75, 3.05) is 13.7 Å². The van der Waals surface area contributed by atoms with Gasteiger partial charge in [0.15, 0.2) is 9.84 Å². The third-order valence-corrected chi connectivity index (χ3v) is 6.68. The molecule has 0 saturated carbocycles. The number of rotatable bonds is 9. The largest absolute Gasteiger partial charge is 0.497 e. The van der Waals surface area contributed by atoms with Crippen LogP contribution in [0.2, 0.25) is 0 Å². The lowest BCUT2D eigenvalue weighted by atomic mass is 10.3. The average Bonchev–Trinajstić information content (AvgIpc) is 3.14. The summed E-state index contributed by atoms with van der Waals surface area (Å²) >= 11 is 0. The molecule has 0 aliphatic heterocycles. The molecule has 1 unspecified atom stereocenters. The first kappa shape index (κ1) is 21.9. The van der Waals surface area contributed by atoms with Crippen LogP contribution in [0.15, 0.2) is 83.8 Å². The fourth-order valence-electron chi connectivity index (χ4n) is 3.45. The molecule has 0 aliphatic rings. The van der Waals surface area contributed by atoms with Crippen LogP contribution in [0.3, 0.4) is 0 Å². The maximum atomic E-state index is 12.9. The fraction of sp³-hybridized carbons (Fsp3) is 0.208. The average molecular weight is 453 g/mol. The van der Waals surface area contributed by atoms with Crippen molar-refractivity contribution in [3.8, 4) is 11.5 Å². The van der Waals surface area contributed by atoms with Crippen molar-refractivity contribution in [3.05, 3.63) is 84.7 Å².